The Balaban J connectivity index is 1.53. The van der Waals surface area contributed by atoms with Crippen LogP contribution in [0.4, 0.5) is 5.95 Å². The summed E-state index contributed by atoms with van der Waals surface area (Å²) in [4.78, 5) is 20.6. The van der Waals surface area contributed by atoms with Crippen LogP contribution < -0.4 is 15.4 Å². The first-order valence-electron chi connectivity index (χ1n) is 10.1. The number of aryl methyl sites for hydroxylation is 1. The summed E-state index contributed by atoms with van der Waals surface area (Å²) in [6.07, 6.45) is 6.47. The van der Waals surface area contributed by atoms with Gasteiger partial charge in [0.05, 0.1) is 11.0 Å². The van der Waals surface area contributed by atoms with Crippen molar-refractivity contribution in [2.24, 2.45) is 13.0 Å². The molecule has 1 saturated carbocycles. The number of rotatable bonds is 5. The number of fused-ring (bicyclic) bond motifs is 1. The van der Waals surface area contributed by atoms with Crippen molar-refractivity contribution in [2.45, 2.75) is 38.6 Å². The van der Waals surface area contributed by atoms with Crippen molar-refractivity contribution >= 4 is 22.9 Å². The third-order valence-corrected chi connectivity index (χ3v) is 5.63. The summed E-state index contributed by atoms with van der Waals surface area (Å²) in [6, 6.07) is 9.67. The molecule has 7 nitrogen and oxygen atoms in total. The van der Waals surface area contributed by atoms with Crippen molar-refractivity contribution < 1.29 is 9.53 Å². The minimum Gasteiger partial charge on any atom is -0.457 e. The molecular weight excluding hydrogens is 366 g/mol. The van der Waals surface area contributed by atoms with Gasteiger partial charge in [0.1, 0.15) is 17.2 Å². The van der Waals surface area contributed by atoms with Crippen molar-refractivity contribution in [2.75, 3.05) is 12.4 Å². The fraction of sp³-hybridized carbons (Fsp3) is 0.409. The summed E-state index contributed by atoms with van der Waals surface area (Å²) in [5.41, 5.74) is 2.24. The van der Waals surface area contributed by atoms with Crippen LogP contribution in [-0.2, 0) is 7.05 Å². The Morgan fingerprint density at radius 3 is 2.66 bits per heavy atom. The van der Waals surface area contributed by atoms with Crippen molar-refractivity contribution in [3.63, 3.8) is 0 Å². The number of hydrogen-bond acceptors (Lipinski definition) is 5. The molecule has 0 unspecified atom stereocenters. The van der Waals surface area contributed by atoms with Crippen LogP contribution in [0, 0.1) is 5.92 Å². The van der Waals surface area contributed by atoms with E-state index in [1.807, 2.05) is 25.2 Å². The number of ether oxygens (including phenoxy) is 1. The van der Waals surface area contributed by atoms with Gasteiger partial charge in [0, 0.05) is 38.5 Å². The lowest BCUT2D eigenvalue weighted by Gasteiger charge is -2.27. The smallest absolute Gasteiger partial charge is 0.269 e. The SMILES string of the molecule is CNC(=O)c1cc(Oc2ccc3c(c2)nc(NC2CCC(C)CC2)n3C)ccn1. The molecule has 2 N–H and O–H groups in total. The average molecular weight is 393 g/mol. The molecule has 1 aromatic carbocycles. The molecule has 2 aromatic heterocycles. The third-order valence-electron chi connectivity index (χ3n) is 5.63. The Kier molecular flexibility index (Phi) is 5.38. The largest absolute Gasteiger partial charge is 0.457 e. The number of nitrogens with zero attached hydrogens (tertiary/aromatic N) is 3. The van der Waals surface area contributed by atoms with Crippen LogP contribution in [-0.4, -0.2) is 33.5 Å². The maximum atomic E-state index is 11.8. The molecule has 1 aliphatic rings. The highest BCUT2D eigenvalue weighted by atomic mass is 16.5. The zero-order valence-corrected chi connectivity index (χ0v) is 17.1. The van der Waals surface area contributed by atoms with Crippen molar-refractivity contribution in [1.29, 1.82) is 0 Å². The summed E-state index contributed by atoms with van der Waals surface area (Å²) >= 11 is 0. The molecule has 7 heteroatoms. The van der Waals surface area contributed by atoms with Crippen LogP contribution in [0.15, 0.2) is 36.5 Å². The Labute approximate surface area is 170 Å². The molecule has 0 spiro atoms. The topological polar surface area (TPSA) is 81.1 Å². The van der Waals surface area contributed by atoms with E-state index in [-0.39, 0.29) is 5.91 Å². The van der Waals surface area contributed by atoms with E-state index in [9.17, 15) is 4.79 Å². The van der Waals surface area contributed by atoms with E-state index >= 15 is 0 Å². The van der Waals surface area contributed by atoms with Gasteiger partial charge in [0.15, 0.2) is 0 Å². The zero-order valence-electron chi connectivity index (χ0n) is 17.1. The van der Waals surface area contributed by atoms with E-state index in [2.05, 4.69) is 27.1 Å². The highest BCUT2D eigenvalue weighted by Gasteiger charge is 2.20. The molecule has 2 heterocycles. The number of carbonyl (C=O) groups is 1. The number of aromatic nitrogens is 3. The van der Waals surface area contributed by atoms with E-state index in [0.29, 0.717) is 23.2 Å². The Morgan fingerprint density at radius 2 is 1.90 bits per heavy atom. The Hall–Kier alpha value is -3.09. The van der Waals surface area contributed by atoms with Crippen LogP contribution in [0.1, 0.15) is 43.1 Å². The van der Waals surface area contributed by atoms with E-state index in [1.54, 1.807) is 25.4 Å². The first-order chi connectivity index (χ1) is 14.0. The average Bonchev–Trinajstić information content (AvgIpc) is 3.04. The number of amides is 1. The minimum absolute atomic E-state index is 0.247. The molecular formula is C22H27N5O2. The van der Waals surface area contributed by atoms with Crippen molar-refractivity contribution in [3.8, 4) is 11.5 Å². The maximum absolute atomic E-state index is 11.8. The molecule has 0 atom stereocenters. The van der Waals surface area contributed by atoms with Crippen LogP contribution >= 0.6 is 0 Å². The monoisotopic (exact) mass is 393 g/mol. The molecule has 1 fully saturated rings. The summed E-state index contributed by atoms with van der Waals surface area (Å²) in [7, 11) is 3.61. The number of hydrogen-bond donors (Lipinski definition) is 2. The van der Waals surface area contributed by atoms with Crippen LogP contribution in [0.5, 0.6) is 11.5 Å². The van der Waals surface area contributed by atoms with Crippen LogP contribution in [0.25, 0.3) is 11.0 Å². The molecule has 0 aliphatic heterocycles. The lowest BCUT2D eigenvalue weighted by Crippen LogP contribution is -2.26. The standard InChI is InChI=1S/C22H27N5O2/c1-14-4-6-15(7-5-14)25-22-26-18-12-16(8-9-20(18)27(22)3)29-17-10-11-24-19(13-17)21(28)23-2/h8-15H,4-7H2,1-3H3,(H,23,28)(H,25,26). The Bertz CT molecular complexity index is 1020. The van der Waals surface area contributed by atoms with Gasteiger partial charge in [-0.2, -0.15) is 0 Å². The fourth-order valence-corrected chi connectivity index (χ4v) is 3.82. The number of pyridine rings is 1. The fourth-order valence-electron chi connectivity index (χ4n) is 3.82. The first kappa shape index (κ1) is 19.2. The third kappa shape index (κ3) is 4.18. The summed E-state index contributed by atoms with van der Waals surface area (Å²) < 4.78 is 8.03. The molecule has 1 aliphatic carbocycles. The van der Waals surface area contributed by atoms with E-state index in [1.165, 1.54) is 25.7 Å². The van der Waals surface area contributed by atoms with Gasteiger partial charge >= 0.3 is 0 Å². The second-order valence-electron chi connectivity index (χ2n) is 7.80. The van der Waals surface area contributed by atoms with E-state index in [4.69, 9.17) is 9.72 Å². The van der Waals surface area contributed by atoms with Gasteiger partial charge in [0.2, 0.25) is 5.95 Å². The number of imidazole rings is 1. The molecule has 3 aromatic rings. The highest BCUT2D eigenvalue weighted by molar-refractivity contribution is 5.92. The predicted molar refractivity (Wildman–Crippen MR) is 113 cm³/mol. The number of carbonyl (C=O) groups excluding carboxylic acids is 1. The zero-order chi connectivity index (χ0) is 20.4. The Morgan fingerprint density at radius 1 is 1.14 bits per heavy atom. The predicted octanol–water partition coefficient (Wildman–Crippen LogP) is 4.11. The molecule has 0 saturated heterocycles. The second kappa shape index (κ2) is 8.11. The summed E-state index contributed by atoms with van der Waals surface area (Å²) in [6.45, 7) is 2.33. The van der Waals surface area contributed by atoms with Crippen molar-refractivity contribution in [1.82, 2.24) is 19.9 Å². The van der Waals surface area contributed by atoms with Gasteiger partial charge in [-0.25, -0.2) is 4.98 Å². The minimum atomic E-state index is -0.247. The van der Waals surface area contributed by atoms with E-state index < -0.39 is 0 Å². The number of benzene rings is 1. The van der Waals surface area contributed by atoms with Crippen molar-refractivity contribution in [3.05, 3.63) is 42.2 Å². The number of anilines is 1. The molecule has 0 bridgehead atoms. The maximum Gasteiger partial charge on any atom is 0.269 e. The number of nitrogens with one attached hydrogen (secondary N) is 2. The van der Waals surface area contributed by atoms with Gasteiger partial charge in [-0.3, -0.25) is 9.78 Å². The lowest BCUT2D eigenvalue weighted by molar-refractivity contribution is 0.0958. The summed E-state index contributed by atoms with van der Waals surface area (Å²) in [5, 5.41) is 6.18. The van der Waals surface area contributed by atoms with Gasteiger partial charge in [-0.15, -0.1) is 0 Å². The van der Waals surface area contributed by atoms with Gasteiger partial charge in [-0.1, -0.05) is 6.92 Å². The molecule has 1 amide bonds. The lowest BCUT2D eigenvalue weighted by atomic mass is 9.87. The highest BCUT2D eigenvalue weighted by Crippen LogP contribution is 2.29. The normalized spacial score (nSPS) is 19.1. The quantitative estimate of drug-likeness (QED) is 0.682. The summed E-state index contributed by atoms with van der Waals surface area (Å²) in [5.74, 6) is 2.70. The van der Waals surface area contributed by atoms with Crippen LogP contribution in [0.2, 0.25) is 0 Å². The molecule has 4 rings (SSSR count). The molecule has 0 radical (unpaired) electrons. The second-order valence-corrected chi connectivity index (χ2v) is 7.80. The van der Waals surface area contributed by atoms with Gasteiger partial charge in [-0.05, 0) is 49.8 Å². The molecule has 152 valence electrons. The van der Waals surface area contributed by atoms with E-state index in [0.717, 1.165) is 22.9 Å². The van der Waals surface area contributed by atoms with Gasteiger partial charge < -0.3 is 19.9 Å². The van der Waals surface area contributed by atoms with Gasteiger partial charge in [0.25, 0.3) is 5.91 Å². The molecule has 29 heavy (non-hydrogen) atoms. The first-order valence-corrected chi connectivity index (χ1v) is 10.1. The van der Waals surface area contributed by atoms with Crippen LogP contribution in [0.3, 0.4) is 0 Å².